The van der Waals surface area contributed by atoms with Gasteiger partial charge in [0.15, 0.2) is 5.78 Å². The van der Waals surface area contributed by atoms with Crippen molar-refractivity contribution in [1.82, 2.24) is 0 Å². The van der Waals surface area contributed by atoms with E-state index < -0.39 is 0 Å². The number of benzene rings is 1. The fraction of sp³-hybridized carbons (Fsp3) is 0.680. The van der Waals surface area contributed by atoms with Crippen LogP contribution in [-0.4, -0.2) is 22.6 Å². The summed E-state index contributed by atoms with van der Waals surface area (Å²) in [4.78, 5) is 27.9. The van der Waals surface area contributed by atoms with Crippen LogP contribution in [0.25, 0.3) is 0 Å². The van der Waals surface area contributed by atoms with Crippen molar-refractivity contribution in [2.45, 2.75) is 95.8 Å². The number of hydrogen-bond donors (Lipinski definition) is 0. The first-order valence-corrected chi connectivity index (χ1v) is 12.5. The molecular formula is C25H36BrNO2. The van der Waals surface area contributed by atoms with Crippen LogP contribution in [0, 0.1) is 11.8 Å². The highest BCUT2D eigenvalue weighted by Gasteiger charge is 2.36. The molecule has 1 saturated carbocycles. The van der Waals surface area contributed by atoms with Crippen LogP contribution in [0.3, 0.4) is 0 Å². The van der Waals surface area contributed by atoms with Crippen LogP contribution < -0.4 is 4.90 Å². The third kappa shape index (κ3) is 5.13. The minimum atomic E-state index is -0.120. The van der Waals surface area contributed by atoms with E-state index >= 15 is 0 Å². The number of halogens is 1. The second-order valence-electron chi connectivity index (χ2n) is 9.09. The molecule has 3 nitrogen and oxygen atoms in total. The number of Topliss-reactive ketones (excluding diaryl/α,β-unsaturated/α-hetero) is 1. The number of anilines is 1. The highest BCUT2D eigenvalue weighted by atomic mass is 79.9. The van der Waals surface area contributed by atoms with Gasteiger partial charge < -0.3 is 4.90 Å². The lowest BCUT2D eigenvalue weighted by molar-refractivity contribution is -0.123. The number of carbonyl (C=O) groups excluding carboxylic acids is 2. The maximum absolute atomic E-state index is 13.4. The molecule has 1 heterocycles. The van der Waals surface area contributed by atoms with Crippen molar-refractivity contribution < 1.29 is 9.59 Å². The van der Waals surface area contributed by atoms with Gasteiger partial charge in [-0.25, -0.2) is 0 Å². The van der Waals surface area contributed by atoms with Crippen molar-refractivity contribution in [3.8, 4) is 0 Å². The first kappa shape index (κ1) is 22.5. The molecule has 0 spiro atoms. The summed E-state index contributed by atoms with van der Waals surface area (Å²) in [6.45, 7) is 6.48. The Labute approximate surface area is 184 Å². The number of hydrogen-bond acceptors (Lipinski definition) is 2. The van der Waals surface area contributed by atoms with Crippen LogP contribution in [0.2, 0.25) is 0 Å². The number of rotatable bonds is 8. The number of carbonyl (C=O) groups is 2. The third-order valence-electron chi connectivity index (χ3n) is 6.81. The van der Waals surface area contributed by atoms with E-state index in [1.165, 1.54) is 32.1 Å². The predicted molar refractivity (Wildman–Crippen MR) is 124 cm³/mol. The second kappa shape index (κ2) is 10.2. The van der Waals surface area contributed by atoms with E-state index in [0.29, 0.717) is 5.91 Å². The highest BCUT2D eigenvalue weighted by molar-refractivity contribution is 9.10. The lowest BCUT2D eigenvalue weighted by Crippen LogP contribution is -2.41. The lowest BCUT2D eigenvalue weighted by Gasteiger charge is -2.32. The fourth-order valence-corrected chi connectivity index (χ4v) is 5.80. The van der Waals surface area contributed by atoms with Gasteiger partial charge in [-0.05, 0) is 75.1 Å². The quantitative estimate of drug-likeness (QED) is 0.318. The van der Waals surface area contributed by atoms with Gasteiger partial charge in [-0.1, -0.05) is 55.5 Å². The Balaban J connectivity index is 1.68. The van der Waals surface area contributed by atoms with Crippen LogP contribution in [0.15, 0.2) is 18.2 Å². The summed E-state index contributed by atoms with van der Waals surface area (Å²) in [6, 6.07) is 6.11. The zero-order valence-electron chi connectivity index (χ0n) is 18.3. The van der Waals surface area contributed by atoms with Crippen molar-refractivity contribution in [2.75, 3.05) is 4.90 Å². The molecule has 1 aromatic rings. The summed E-state index contributed by atoms with van der Waals surface area (Å²) < 4.78 is 0. The Morgan fingerprint density at radius 2 is 1.86 bits per heavy atom. The minimum Gasteiger partial charge on any atom is -0.309 e. The Morgan fingerprint density at radius 1 is 1.14 bits per heavy atom. The molecule has 29 heavy (non-hydrogen) atoms. The Morgan fingerprint density at radius 3 is 2.52 bits per heavy atom. The number of amides is 1. The molecule has 0 aromatic heterocycles. The van der Waals surface area contributed by atoms with E-state index in [0.717, 1.165) is 54.8 Å². The van der Waals surface area contributed by atoms with Gasteiger partial charge in [-0.15, -0.1) is 0 Å². The summed E-state index contributed by atoms with van der Waals surface area (Å²) in [6.07, 6.45) is 11.0. The summed E-state index contributed by atoms with van der Waals surface area (Å²) in [5.41, 5.74) is 2.93. The lowest BCUT2D eigenvalue weighted by atomic mass is 9.79. The summed E-state index contributed by atoms with van der Waals surface area (Å²) in [5.74, 6) is 1.43. The molecule has 1 amide bonds. The van der Waals surface area contributed by atoms with Crippen molar-refractivity contribution >= 4 is 33.3 Å². The molecule has 160 valence electrons. The van der Waals surface area contributed by atoms with E-state index in [1.54, 1.807) is 0 Å². The fourth-order valence-electron chi connectivity index (χ4n) is 5.07. The summed E-state index contributed by atoms with van der Waals surface area (Å²) in [5, 5.41) is 0. The second-order valence-corrected chi connectivity index (χ2v) is 10.2. The molecule has 1 fully saturated rings. The average Bonchev–Trinajstić information content (AvgIpc) is 3.06. The molecular weight excluding hydrogens is 426 g/mol. The van der Waals surface area contributed by atoms with Crippen LogP contribution in [0.4, 0.5) is 5.69 Å². The van der Waals surface area contributed by atoms with E-state index in [4.69, 9.17) is 0 Å². The maximum atomic E-state index is 13.4. The van der Waals surface area contributed by atoms with Gasteiger partial charge in [0, 0.05) is 23.2 Å². The Kier molecular flexibility index (Phi) is 7.95. The molecule has 2 atom stereocenters. The van der Waals surface area contributed by atoms with Gasteiger partial charge in [0.1, 0.15) is 0 Å². The number of nitrogens with zero attached hydrogens (tertiary/aromatic N) is 1. The van der Waals surface area contributed by atoms with Crippen molar-refractivity contribution in [1.29, 1.82) is 0 Å². The maximum Gasteiger partial charge on any atom is 0.230 e. The van der Waals surface area contributed by atoms with Crippen LogP contribution in [-0.2, 0) is 11.2 Å². The molecule has 1 aromatic carbocycles. The van der Waals surface area contributed by atoms with Crippen molar-refractivity contribution in [3.63, 3.8) is 0 Å². The monoisotopic (exact) mass is 461 g/mol. The normalized spacial score (nSPS) is 25.0. The zero-order valence-corrected chi connectivity index (χ0v) is 19.8. The Hall–Kier alpha value is -1.16. The van der Waals surface area contributed by atoms with Gasteiger partial charge in [0.25, 0.3) is 0 Å². The summed E-state index contributed by atoms with van der Waals surface area (Å²) in [7, 11) is 0. The standard InChI is InChI=1S/C25H36BrNO2/c1-4-6-8-18-9-11-19(12-10-18)25(29)27-17(3)15-21-16-20(13-14-23(21)27)24(28)22(26)7-5-2/h13-14,16-19,22H,4-12,15H2,1-3H3. The van der Waals surface area contributed by atoms with Gasteiger partial charge >= 0.3 is 0 Å². The number of ketones is 1. The van der Waals surface area contributed by atoms with Crippen molar-refractivity contribution in [3.05, 3.63) is 29.3 Å². The van der Waals surface area contributed by atoms with Crippen molar-refractivity contribution in [2.24, 2.45) is 11.8 Å². The largest absolute Gasteiger partial charge is 0.309 e. The smallest absolute Gasteiger partial charge is 0.230 e. The van der Waals surface area contributed by atoms with E-state index in [1.807, 2.05) is 23.1 Å². The van der Waals surface area contributed by atoms with E-state index in [-0.39, 0.29) is 22.6 Å². The predicted octanol–water partition coefficient (Wildman–Crippen LogP) is 6.71. The average molecular weight is 462 g/mol. The summed E-state index contributed by atoms with van der Waals surface area (Å²) >= 11 is 3.53. The first-order valence-electron chi connectivity index (χ1n) is 11.6. The first-order chi connectivity index (χ1) is 14.0. The van der Waals surface area contributed by atoms with Crippen LogP contribution in [0.5, 0.6) is 0 Å². The SMILES string of the molecule is CCCCC1CCC(C(=O)N2c3ccc(C(=O)C(Br)CCC)cc3CC2C)CC1. The van der Waals surface area contributed by atoms with Gasteiger partial charge in [-0.3, -0.25) is 9.59 Å². The molecule has 0 saturated heterocycles. The molecule has 2 unspecified atom stereocenters. The number of unbranched alkanes of at least 4 members (excludes halogenated alkanes) is 1. The number of alkyl halides is 1. The van der Waals surface area contributed by atoms with Crippen LogP contribution >= 0.6 is 15.9 Å². The molecule has 3 rings (SSSR count). The van der Waals surface area contributed by atoms with Gasteiger partial charge in [0.05, 0.1) is 4.83 Å². The molecule has 1 aliphatic carbocycles. The molecule has 2 aliphatic rings. The zero-order chi connectivity index (χ0) is 21.0. The van der Waals surface area contributed by atoms with E-state index in [9.17, 15) is 9.59 Å². The van der Waals surface area contributed by atoms with E-state index in [2.05, 4.69) is 36.7 Å². The molecule has 1 aliphatic heterocycles. The minimum absolute atomic E-state index is 0.120. The molecule has 0 radical (unpaired) electrons. The van der Waals surface area contributed by atoms with Gasteiger partial charge in [-0.2, -0.15) is 0 Å². The molecule has 0 bridgehead atoms. The van der Waals surface area contributed by atoms with Crippen LogP contribution in [0.1, 0.15) is 94.5 Å². The highest BCUT2D eigenvalue weighted by Crippen LogP contribution is 2.38. The molecule has 4 heteroatoms. The topological polar surface area (TPSA) is 37.4 Å². The van der Waals surface area contributed by atoms with Gasteiger partial charge in [0.2, 0.25) is 5.91 Å². The third-order valence-corrected chi connectivity index (χ3v) is 7.68. The molecule has 0 N–H and O–H groups in total. The number of fused-ring (bicyclic) bond motifs is 1. The Bertz CT molecular complexity index is 724.